The number of carboxylic acid groups (broad SMARTS) is 1. The SMILES string of the molecule is CCC(C)(NC(=O)C1COC(C)C1)C(=O)O. The van der Waals surface area contributed by atoms with Crippen molar-refractivity contribution in [2.75, 3.05) is 6.61 Å². The van der Waals surface area contributed by atoms with Crippen LogP contribution in [-0.2, 0) is 14.3 Å². The summed E-state index contributed by atoms with van der Waals surface area (Å²) in [4.78, 5) is 22.8. The summed E-state index contributed by atoms with van der Waals surface area (Å²) >= 11 is 0. The second-order valence-corrected chi connectivity index (χ2v) is 4.56. The highest BCUT2D eigenvalue weighted by atomic mass is 16.5. The van der Waals surface area contributed by atoms with Gasteiger partial charge in [0.05, 0.1) is 18.6 Å². The molecule has 0 bridgehead atoms. The molecule has 1 aliphatic rings. The number of carboxylic acids is 1. The van der Waals surface area contributed by atoms with Crippen LogP contribution in [0.25, 0.3) is 0 Å². The summed E-state index contributed by atoms with van der Waals surface area (Å²) in [6, 6.07) is 0. The fraction of sp³-hybridized carbons (Fsp3) is 0.818. The summed E-state index contributed by atoms with van der Waals surface area (Å²) in [6.07, 6.45) is 1.09. The highest BCUT2D eigenvalue weighted by molar-refractivity contribution is 5.87. The van der Waals surface area contributed by atoms with E-state index >= 15 is 0 Å². The van der Waals surface area contributed by atoms with Gasteiger partial charge in [-0.25, -0.2) is 4.79 Å². The Hall–Kier alpha value is -1.10. The molecule has 1 amide bonds. The van der Waals surface area contributed by atoms with Gasteiger partial charge in [-0.05, 0) is 26.7 Å². The molecule has 0 radical (unpaired) electrons. The van der Waals surface area contributed by atoms with Gasteiger partial charge < -0.3 is 15.2 Å². The zero-order chi connectivity index (χ0) is 12.3. The Kier molecular flexibility index (Phi) is 3.91. The Morgan fingerprint density at radius 3 is 2.56 bits per heavy atom. The summed E-state index contributed by atoms with van der Waals surface area (Å²) in [6.45, 7) is 5.55. The molecule has 0 aromatic rings. The van der Waals surface area contributed by atoms with Crippen LogP contribution < -0.4 is 5.32 Å². The van der Waals surface area contributed by atoms with Crippen LogP contribution in [0, 0.1) is 5.92 Å². The first-order chi connectivity index (χ1) is 7.39. The van der Waals surface area contributed by atoms with Crippen LogP contribution in [0.5, 0.6) is 0 Å². The van der Waals surface area contributed by atoms with Crippen LogP contribution in [0.3, 0.4) is 0 Å². The van der Waals surface area contributed by atoms with Crippen molar-refractivity contribution in [1.82, 2.24) is 5.32 Å². The van der Waals surface area contributed by atoms with Gasteiger partial charge in [0.25, 0.3) is 0 Å². The first-order valence-corrected chi connectivity index (χ1v) is 5.56. The predicted octanol–water partition coefficient (Wildman–Crippen LogP) is 0.781. The van der Waals surface area contributed by atoms with Crippen molar-refractivity contribution in [3.05, 3.63) is 0 Å². The largest absolute Gasteiger partial charge is 0.480 e. The molecule has 0 aliphatic carbocycles. The first kappa shape index (κ1) is 13.0. The predicted molar refractivity (Wildman–Crippen MR) is 58.0 cm³/mol. The molecule has 1 fully saturated rings. The van der Waals surface area contributed by atoms with Gasteiger partial charge >= 0.3 is 5.97 Å². The second kappa shape index (κ2) is 4.82. The van der Waals surface area contributed by atoms with Gasteiger partial charge in [0, 0.05) is 0 Å². The minimum atomic E-state index is -1.18. The van der Waals surface area contributed by atoms with Gasteiger partial charge in [-0.15, -0.1) is 0 Å². The molecule has 5 nitrogen and oxygen atoms in total. The quantitative estimate of drug-likeness (QED) is 0.747. The van der Waals surface area contributed by atoms with Crippen molar-refractivity contribution in [2.45, 2.75) is 45.3 Å². The maximum absolute atomic E-state index is 11.8. The van der Waals surface area contributed by atoms with E-state index in [1.165, 1.54) is 6.92 Å². The summed E-state index contributed by atoms with van der Waals surface area (Å²) in [7, 11) is 0. The third-order valence-electron chi connectivity index (χ3n) is 3.15. The summed E-state index contributed by atoms with van der Waals surface area (Å²) in [5.74, 6) is -1.45. The molecule has 2 N–H and O–H groups in total. The van der Waals surface area contributed by atoms with Crippen molar-refractivity contribution in [2.24, 2.45) is 5.92 Å². The number of carbonyl (C=O) groups excluding carboxylic acids is 1. The molecule has 1 rings (SSSR count). The zero-order valence-electron chi connectivity index (χ0n) is 9.95. The average Bonchev–Trinajstić information content (AvgIpc) is 2.64. The molecule has 1 saturated heterocycles. The van der Waals surface area contributed by atoms with Crippen molar-refractivity contribution in [3.63, 3.8) is 0 Å². The highest BCUT2D eigenvalue weighted by Crippen LogP contribution is 2.20. The molecule has 16 heavy (non-hydrogen) atoms. The van der Waals surface area contributed by atoms with Crippen LogP contribution >= 0.6 is 0 Å². The van der Waals surface area contributed by atoms with Crippen LogP contribution in [0.15, 0.2) is 0 Å². The maximum atomic E-state index is 11.8. The molecular formula is C11H19NO4. The Bertz CT molecular complexity index is 292. The molecule has 0 spiro atoms. The number of nitrogens with one attached hydrogen (secondary N) is 1. The smallest absolute Gasteiger partial charge is 0.329 e. The van der Waals surface area contributed by atoms with Gasteiger partial charge in [0.2, 0.25) is 5.91 Å². The summed E-state index contributed by atoms with van der Waals surface area (Å²) < 4.78 is 5.29. The molecule has 0 saturated carbocycles. The third kappa shape index (κ3) is 2.72. The van der Waals surface area contributed by atoms with Crippen molar-refractivity contribution >= 4 is 11.9 Å². The van der Waals surface area contributed by atoms with Crippen LogP contribution in [0.2, 0.25) is 0 Å². The Labute approximate surface area is 95.2 Å². The minimum absolute atomic E-state index is 0.0773. The van der Waals surface area contributed by atoms with E-state index in [9.17, 15) is 9.59 Å². The summed E-state index contributed by atoms with van der Waals surface area (Å²) in [5.41, 5.74) is -1.18. The number of aliphatic carboxylic acids is 1. The number of hydrogen-bond donors (Lipinski definition) is 2. The zero-order valence-corrected chi connectivity index (χ0v) is 9.95. The monoisotopic (exact) mass is 229 g/mol. The molecule has 3 atom stereocenters. The van der Waals surface area contributed by atoms with E-state index in [-0.39, 0.29) is 17.9 Å². The van der Waals surface area contributed by atoms with Gasteiger partial charge in [-0.3, -0.25) is 4.79 Å². The second-order valence-electron chi connectivity index (χ2n) is 4.56. The Morgan fingerprint density at radius 1 is 1.56 bits per heavy atom. The lowest BCUT2D eigenvalue weighted by molar-refractivity contribution is -0.147. The van der Waals surface area contributed by atoms with E-state index in [1.54, 1.807) is 6.92 Å². The molecule has 0 aromatic carbocycles. The van der Waals surface area contributed by atoms with Crippen LogP contribution in [-0.4, -0.2) is 35.2 Å². The van der Waals surface area contributed by atoms with Gasteiger partial charge in [-0.2, -0.15) is 0 Å². The molecule has 0 aromatic heterocycles. The molecule has 5 heteroatoms. The fourth-order valence-corrected chi connectivity index (χ4v) is 1.67. The molecule has 92 valence electrons. The van der Waals surface area contributed by atoms with Crippen molar-refractivity contribution in [1.29, 1.82) is 0 Å². The van der Waals surface area contributed by atoms with Crippen LogP contribution in [0.4, 0.5) is 0 Å². The Balaban J connectivity index is 2.59. The normalized spacial score (nSPS) is 28.4. The summed E-state index contributed by atoms with van der Waals surface area (Å²) in [5, 5.41) is 11.6. The number of ether oxygens (including phenoxy) is 1. The third-order valence-corrected chi connectivity index (χ3v) is 3.15. The number of carbonyl (C=O) groups is 2. The topological polar surface area (TPSA) is 75.6 Å². The standard InChI is InChI=1S/C11H19NO4/c1-4-11(3,10(14)15)12-9(13)8-5-7(2)16-6-8/h7-8H,4-6H2,1-3H3,(H,12,13)(H,14,15). The van der Waals surface area contributed by atoms with Crippen LogP contribution in [0.1, 0.15) is 33.6 Å². The lowest BCUT2D eigenvalue weighted by atomic mass is 9.96. The Morgan fingerprint density at radius 2 is 2.19 bits per heavy atom. The van der Waals surface area contributed by atoms with Crippen molar-refractivity contribution in [3.8, 4) is 0 Å². The van der Waals surface area contributed by atoms with Gasteiger partial charge in [0.1, 0.15) is 5.54 Å². The van der Waals surface area contributed by atoms with E-state index < -0.39 is 11.5 Å². The van der Waals surface area contributed by atoms with E-state index in [2.05, 4.69) is 5.32 Å². The maximum Gasteiger partial charge on any atom is 0.329 e. The van der Waals surface area contributed by atoms with Gasteiger partial charge in [-0.1, -0.05) is 6.92 Å². The van der Waals surface area contributed by atoms with Crippen molar-refractivity contribution < 1.29 is 19.4 Å². The molecule has 1 heterocycles. The molecule has 1 aliphatic heterocycles. The average molecular weight is 229 g/mol. The molecular weight excluding hydrogens is 210 g/mol. The minimum Gasteiger partial charge on any atom is -0.480 e. The lowest BCUT2D eigenvalue weighted by Gasteiger charge is -2.26. The lowest BCUT2D eigenvalue weighted by Crippen LogP contribution is -2.53. The number of amides is 1. The van der Waals surface area contributed by atoms with E-state index in [1.807, 2.05) is 6.92 Å². The van der Waals surface area contributed by atoms with E-state index in [0.717, 1.165) is 0 Å². The number of hydrogen-bond acceptors (Lipinski definition) is 3. The first-order valence-electron chi connectivity index (χ1n) is 5.56. The fourth-order valence-electron chi connectivity index (χ4n) is 1.67. The molecule has 3 unspecified atom stereocenters. The van der Waals surface area contributed by atoms with E-state index in [0.29, 0.717) is 19.4 Å². The highest BCUT2D eigenvalue weighted by Gasteiger charge is 2.37. The number of rotatable bonds is 4. The van der Waals surface area contributed by atoms with E-state index in [4.69, 9.17) is 9.84 Å². The van der Waals surface area contributed by atoms with Gasteiger partial charge in [0.15, 0.2) is 0 Å².